The zero-order chi connectivity index (χ0) is 21.6. The molecule has 2 aromatic carbocycles. The Labute approximate surface area is 218 Å². The number of benzene rings is 2. The minimum absolute atomic E-state index is 0.105. The summed E-state index contributed by atoms with van der Waals surface area (Å²) in [5.74, 6) is 0.587. The van der Waals surface area contributed by atoms with Crippen LogP contribution in [0.3, 0.4) is 0 Å². The predicted molar refractivity (Wildman–Crippen MR) is 135 cm³/mol. The van der Waals surface area contributed by atoms with Crippen LogP contribution in [0.2, 0.25) is 15.1 Å². The Morgan fingerprint density at radius 1 is 0.828 bits per heavy atom. The van der Waals surface area contributed by atoms with Crippen LogP contribution in [0, 0.1) is 0 Å². The molecule has 2 rings (SSSR count). The third-order valence-electron chi connectivity index (χ3n) is 3.62. The summed E-state index contributed by atoms with van der Waals surface area (Å²) < 4.78 is 11.3. The van der Waals surface area contributed by atoms with E-state index >= 15 is 0 Å². The summed E-state index contributed by atoms with van der Waals surface area (Å²) in [6.45, 7) is 0.814. The van der Waals surface area contributed by atoms with E-state index in [4.69, 9.17) is 44.3 Å². The van der Waals surface area contributed by atoms with Gasteiger partial charge in [0.2, 0.25) is 0 Å². The first-order chi connectivity index (χ1) is 13.8. The molecule has 0 heterocycles. The highest BCUT2D eigenvalue weighted by molar-refractivity contribution is 9.12. The van der Waals surface area contributed by atoms with Gasteiger partial charge in [-0.1, -0.05) is 98.5 Å². The van der Waals surface area contributed by atoms with Crippen molar-refractivity contribution in [2.24, 2.45) is 0 Å². The zero-order valence-electron chi connectivity index (χ0n) is 14.7. The molecule has 2 aromatic rings. The van der Waals surface area contributed by atoms with Gasteiger partial charge in [0.25, 0.3) is 0 Å². The first-order valence-corrected chi connectivity index (χ1v) is 13.5. The van der Waals surface area contributed by atoms with Crippen LogP contribution >= 0.6 is 98.5 Å². The monoisotopic (exact) mass is 712 g/mol. The van der Waals surface area contributed by atoms with Crippen LogP contribution in [0.4, 0.5) is 0 Å². The molecular formula is C19H15Br4Cl3O3. The van der Waals surface area contributed by atoms with Crippen molar-refractivity contribution in [1.82, 2.24) is 0 Å². The largest absolute Gasteiger partial charge is 0.491 e. The minimum Gasteiger partial charge on any atom is -0.491 e. The number of carbonyl (C=O) groups excluding carboxylic acids is 1. The third kappa shape index (κ3) is 7.55. The molecule has 0 saturated carbocycles. The number of halogens is 7. The maximum absolute atomic E-state index is 12.9. The van der Waals surface area contributed by atoms with Crippen LogP contribution in [0.15, 0.2) is 30.3 Å². The maximum Gasteiger partial charge on any atom is 0.193 e. The standard InChI is InChI=1S/C19H15Br4Cl3O3/c20-6-12(22)8-28-17-2-1-10(3-14(17)24)18(27)11-4-15(25)19(16(26)5-11)29-9-13(23)7-21/h1-5,12-13H,6-9H2. The van der Waals surface area contributed by atoms with Crippen LogP contribution in [0.25, 0.3) is 0 Å². The molecule has 158 valence electrons. The summed E-state index contributed by atoms with van der Waals surface area (Å²) >= 11 is 32.5. The second-order valence-electron chi connectivity index (χ2n) is 5.87. The molecule has 0 N–H and O–H groups in total. The molecule has 0 aliphatic heterocycles. The second kappa shape index (κ2) is 12.5. The highest BCUT2D eigenvalue weighted by atomic mass is 79.9. The number of ether oxygens (including phenoxy) is 2. The SMILES string of the molecule is O=C(c1ccc(OCC(Br)CBr)c(Cl)c1)c1cc(Cl)c(OCC(Br)CBr)c(Cl)c1. The lowest BCUT2D eigenvalue weighted by Gasteiger charge is -2.14. The lowest BCUT2D eigenvalue weighted by Crippen LogP contribution is -2.13. The molecule has 29 heavy (non-hydrogen) atoms. The lowest BCUT2D eigenvalue weighted by atomic mass is 10.0. The summed E-state index contributed by atoms with van der Waals surface area (Å²) in [6.07, 6.45) is 0. The Kier molecular flexibility index (Phi) is 11.1. The van der Waals surface area contributed by atoms with Crippen molar-refractivity contribution in [1.29, 1.82) is 0 Å². The van der Waals surface area contributed by atoms with Crippen molar-refractivity contribution in [3.63, 3.8) is 0 Å². The van der Waals surface area contributed by atoms with Gasteiger partial charge in [-0.15, -0.1) is 0 Å². The molecule has 0 bridgehead atoms. The van der Waals surface area contributed by atoms with E-state index < -0.39 is 0 Å². The van der Waals surface area contributed by atoms with E-state index in [1.807, 2.05) is 0 Å². The van der Waals surface area contributed by atoms with E-state index in [9.17, 15) is 4.79 Å². The molecule has 0 spiro atoms. The molecule has 2 atom stereocenters. The summed E-state index contributed by atoms with van der Waals surface area (Å²) in [7, 11) is 0. The molecule has 0 aromatic heterocycles. The molecule has 0 aliphatic rings. The highest BCUT2D eigenvalue weighted by Crippen LogP contribution is 2.36. The second-order valence-corrected chi connectivity index (χ2v) is 11.0. The number of hydrogen-bond acceptors (Lipinski definition) is 3. The van der Waals surface area contributed by atoms with Gasteiger partial charge in [0.1, 0.15) is 19.0 Å². The van der Waals surface area contributed by atoms with Gasteiger partial charge >= 0.3 is 0 Å². The fourth-order valence-electron chi connectivity index (χ4n) is 2.20. The fourth-order valence-corrected chi connectivity index (χ4v) is 3.67. The smallest absolute Gasteiger partial charge is 0.193 e. The van der Waals surface area contributed by atoms with E-state index in [0.29, 0.717) is 46.2 Å². The molecule has 3 nitrogen and oxygen atoms in total. The van der Waals surface area contributed by atoms with Gasteiger partial charge in [-0.3, -0.25) is 4.79 Å². The zero-order valence-corrected chi connectivity index (χ0v) is 23.4. The predicted octanol–water partition coefficient (Wildman–Crippen LogP) is 7.95. The third-order valence-corrected chi connectivity index (χ3v) is 8.95. The Bertz CT molecular complexity index is 844. The first-order valence-electron chi connectivity index (χ1n) is 8.25. The Hall–Kier alpha value is 0.500. The Morgan fingerprint density at radius 2 is 1.34 bits per heavy atom. The normalized spacial score (nSPS) is 13.1. The topological polar surface area (TPSA) is 35.5 Å². The summed E-state index contributed by atoms with van der Waals surface area (Å²) in [5, 5.41) is 2.33. The fraction of sp³-hybridized carbons (Fsp3) is 0.316. The molecule has 0 aliphatic carbocycles. The lowest BCUT2D eigenvalue weighted by molar-refractivity contribution is 0.103. The summed E-state index contributed by atoms with van der Waals surface area (Å²) in [6, 6.07) is 7.95. The Balaban J connectivity index is 2.18. The molecule has 10 heteroatoms. The highest BCUT2D eigenvalue weighted by Gasteiger charge is 2.18. The van der Waals surface area contributed by atoms with Crippen molar-refractivity contribution < 1.29 is 14.3 Å². The van der Waals surface area contributed by atoms with Crippen LogP contribution in [-0.2, 0) is 0 Å². The van der Waals surface area contributed by atoms with Crippen molar-refractivity contribution in [2.75, 3.05) is 23.9 Å². The summed E-state index contributed by atoms with van der Waals surface area (Å²) in [4.78, 5) is 13.1. The minimum atomic E-state index is -0.258. The molecule has 0 amide bonds. The van der Waals surface area contributed by atoms with Gasteiger partial charge in [-0.25, -0.2) is 0 Å². The van der Waals surface area contributed by atoms with Crippen molar-refractivity contribution in [2.45, 2.75) is 9.65 Å². The molecule has 0 saturated heterocycles. The van der Waals surface area contributed by atoms with Crippen LogP contribution in [0.5, 0.6) is 11.5 Å². The first kappa shape index (κ1) is 25.8. The van der Waals surface area contributed by atoms with Crippen LogP contribution in [0.1, 0.15) is 15.9 Å². The van der Waals surface area contributed by atoms with E-state index in [0.717, 1.165) is 5.33 Å². The van der Waals surface area contributed by atoms with E-state index in [2.05, 4.69) is 63.7 Å². The number of rotatable bonds is 10. The van der Waals surface area contributed by atoms with Gasteiger partial charge in [0.15, 0.2) is 11.5 Å². The van der Waals surface area contributed by atoms with Crippen molar-refractivity contribution in [3.05, 3.63) is 56.5 Å². The van der Waals surface area contributed by atoms with Crippen molar-refractivity contribution in [3.8, 4) is 11.5 Å². The van der Waals surface area contributed by atoms with Crippen LogP contribution < -0.4 is 9.47 Å². The van der Waals surface area contributed by atoms with E-state index in [1.54, 1.807) is 18.2 Å². The van der Waals surface area contributed by atoms with Gasteiger partial charge in [-0.2, -0.15) is 0 Å². The summed E-state index contributed by atoms with van der Waals surface area (Å²) in [5.41, 5.74) is 0.742. The average Bonchev–Trinajstić information content (AvgIpc) is 2.70. The quantitative estimate of drug-likeness (QED) is 0.185. The number of alkyl halides is 4. The molecule has 0 radical (unpaired) electrons. The molecular weight excluding hydrogens is 702 g/mol. The van der Waals surface area contributed by atoms with E-state index in [1.165, 1.54) is 12.1 Å². The number of hydrogen-bond donors (Lipinski definition) is 0. The van der Waals surface area contributed by atoms with Gasteiger partial charge in [-0.05, 0) is 30.3 Å². The van der Waals surface area contributed by atoms with E-state index in [-0.39, 0.29) is 25.5 Å². The average molecular weight is 717 g/mol. The number of carbonyl (C=O) groups is 1. The van der Waals surface area contributed by atoms with Crippen LogP contribution in [-0.4, -0.2) is 39.3 Å². The van der Waals surface area contributed by atoms with Crippen molar-refractivity contribution >= 4 is 104 Å². The van der Waals surface area contributed by atoms with Gasteiger partial charge < -0.3 is 9.47 Å². The van der Waals surface area contributed by atoms with Gasteiger partial charge in [0.05, 0.1) is 24.7 Å². The van der Waals surface area contributed by atoms with Gasteiger partial charge in [0, 0.05) is 21.8 Å². The number of ketones is 1. The molecule has 0 fully saturated rings. The maximum atomic E-state index is 12.9. The molecule has 2 unspecified atom stereocenters. The Morgan fingerprint density at radius 3 is 1.86 bits per heavy atom.